The summed E-state index contributed by atoms with van der Waals surface area (Å²) in [7, 11) is -1.21. The number of Topliss-reactive ketones (excluding diaryl/α,β-unsaturated/α-hetero) is 1. The maximum absolute atomic E-state index is 12.8. The van der Waals surface area contributed by atoms with E-state index in [0.717, 1.165) is 60.2 Å². The average molecular weight is 495 g/mol. The van der Waals surface area contributed by atoms with Gasteiger partial charge in [-0.3, -0.25) is 9.78 Å². The molecule has 0 aliphatic rings. The van der Waals surface area contributed by atoms with Gasteiger partial charge < -0.3 is 5.48 Å². The molecule has 188 valence electrons. The molecule has 0 spiro atoms. The van der Waals surface area contributed by atoms with Crippen LogP contribution in [0.3, 0.4) is 0 Å². The second kappa shape index (κ2) is 16.9. The number of hydrogen-bond acceptors (Lipinski definition) is 3. The monoisotopic (exact) mass is 494 g/mol. The summed E-state index contributed by atoms with van der Waals surface area (Å²) in [6.07, 6.45) is 13.5. The lowest BCUT2D eigenvalue weighted by Crippen LogP contribution is -2.19. The Kier molecular flexibility index (Phi) is 13.8. The second-order valence-corrected chi connectivity index (χ2v) is 9.92. The molecule has 3 rings (SSSR count). The van der Waals surface area contributed by atoms with Crippen molar-refractivity contribution in [1.82, 2.24) is 9.71 Å². The number of hydrogen-bond donors (Lipinski definition) is 1. The van der Waals surface area contributed by atoms with E-state index < -0.39 is 11.0 Å². The second-order valence-electron chi connectivity index (χ2n) is 8.65. The minimum absolute atomic E-state index is 0. The van der Waals surface area contributed by atoms with Crippen molar-refractivity contribution in [3.05, 3.63) is 84.7 Å². The Hall–Kier alpha value is -2.67. The molecule has 35 heavy (non-hydrogen) atoms. The first-order chi connectivity index (χ1) is 16.7. The van der Waals surface area contributed by atoms with Gasteiger partial charge in [-0.1, -0.05) is 86.7 Å². The van der Waals surface area contributed by atoms with Gasteiger partial charge in [-0.25, -0.2) is 8.93 Å². The van der Waals surface area contributed by atoms with Crippen molar-refractivity contribution >= 4 is 16.8 Å². The quantitative estimate of drug-likeness (QED) is 0.253. The summed E-state index contributed by atoms with van der Waals surface area (Å²) in [5.74, 6) is 0.358. The predicted molar refractivity (Wildman–Crippen MR) is 144 cm³/mol. The van der Waals surface area contributed by atoms with Crippen molar-refractivity contribution in [2.45, 2.75) is 69.1 Å². The van der Waals surface area contributed by atoms with Gasteiger partial charge in [0, 0.05) is 31.8 Å². The molecule has 5 nitrogen and oxygen atoms in total. The molecule has 3 aromatic rings. The fraction of sp³-hybridized carbons (Fsp3) is 0.379. The number of rotatable bonds is 16. The first kappa shape index (κ1) is 28.6. The van der Waals surface area contributed by atoms with Gasteiger partial charge in [0.2, 0.25) is 0 Å². The lowest BCUT2D eigenvalue weighted by Gasteiger charge is -2.10. The Balaban J connectivity index is 0.00000432. The average Bonchev–Trinajstić information content (AvgIpc) is 2.89. The van der Waals surface area contributed by atoms with Crippen LogP contribution in [0.15, 0.2) is 84.0 Å². The van der Waals surface area contributed by atoms with Crippen molar-refractivity contribution in [3.63, 3.8) is 0 Å². The third-order valence-electron chi connectivity index (χ3n) is 5.95. The van der Waals surface area contributed by atoms with Crippen LogP contribution >= 0.6 is 0 Å². The number of unbranched alkanes of at least 4 members (excludes halogenated alkanes) is 6. The molecule has 0 saturated heterocycles. The van der Waals surface area contributed by atoms with Crippen LogP contribution in [0.2, 0.25) is 0 Å². The number of aryl methyl sites for hydroxylation is 1. The topological polar surface area (TPSA) is 90.6 Å². The molecule has 0 bridgehead atoms. The summed E-state index contributed by atoms with van der Waals surface area (Å²) < 4.78 is 16.0. The number of pyridine rings is 1. The van der Waals surface area contributed by atoms with Crippen molar-refractivity contribution in [1.29, 1.82) is 0 Å². The Morgan fingerprint density at radius 3 is 2.20 bits per heavy atom. The van der Waals surface area contributed by atoms with E-state index >= 15 is 0 Å². The summed E-state index contributed by atoms with van der Waals surface area (Å²) in [4.78, 5) is 17.0. The number of carbonyl (C=O) groups excluding carboxylic acids is 1. The van der Waals surface area contributed by atoms with Gasteiger partial charge in [0.15, 0.2) is 0 Å². The zero-order chi connectivity index (χ0) is 23.8. The van der Waals surface area contributed by atoms with Gasteiger partial charge in [0.25, 0.3) is 0 Å². The Morgan fingerprint density at radius 2 is 1.46 bits per heavy atom. The van der Waals surface area contributed by atoms with Crippen LogP contribution in [0.25, 0.3) is 11.1 Å². The summed E-state index contributed by atoms with van der Waals surface area (Å²) >= 11 is 0. The normalized spacial score (nSPS) is 11.5. The smallest absolute Gasteiger partial charge is 0.133 e. The number of carbonyl (C=O) groups is 1. The molecule has 1 atom stereocenters. The zero-order valence-corrected chi connectivity index (χ0v) is 21.3. The standard InChI is InChI=1S/C29H36N2O2S.H2O/c32-27(21-20-25-14-13-22-30-24-25)17-9-4-2-1-3-5-12-23-31-34(33)29-19-11-10-18-28(29)26-15-7-6-8-16-26;/h6-8,10-11,13-16,18-19,22,24,31H,1-5,9,12,17,20-21,23H2;1H2. The van der Waals surface area contributed by atoms with Gasteiger partial charge in [-0.05, 0) is 48.1 Å². The molecule has 0 amide bonds. The molecule has 1 heterocycles. The number of ketones is 1. The van der Waals surface area contributed by atoms with E-state index in [-0.39, 0.29) is 5.48 Å². The maximum Gasteiger partial charge on any atom is 0.133 e. The molecular formula is C29H38N2O3S. The Morgan fingerprint density at radius 1 is 0.771 bits per heavy atom. The maximum atomic E-state index is 12.8. The third-order valence-corrected chi connectivity index (χ3v) is 7.17. The van der Waals surface area contributed by atoms with Gasteiger partial charge in [0.05, 0.1) is 4.90 Å². The van der Waals surface area contributed by atoms with Crippen molar-refractivity contribution < 1.29 is 14.5 Å². The van der Waals surface area contributed by atoms with Crippen molar-refractivity contribution in [2.24, 2.45) is 0 Å². The highest BCUT2D eigenvalue weighted by atomic mass is 32.2. The minimum atomic E-state index is -1.21. The van der Waals surface area contributed by atoms with E-state index in [1.54, 1.807) is 6.20 Å². The van der Waals surface area contributed by atoms with Crippen LogP contribution in [-0.2, 0) is 22.2 Å². The highest BCUT2D eigenvalue weighted by Gasteiger charge is 2.10. The minimum Gasteiger partial charge on any atom is -0.412 e. The highest BCUT2D eigenvalue weighted by molar-refractivity contribution is 7.83. The van der Waals surface area contributed by atoms with Gasteiger partial charge in [0.1, 0.15) is 16.8 Å². The molecule has 6 heteroatoms. The molecule has 1 unspecified atom stereocenters. The molecule has 0 fully saturated rings. The zero-order valence-electron chi connectivity index (χ0n) is 20.5. The van der Waals surface area contributed by atoms with Crippen LogP contribution < -0.4 is 4.72 Å². The summed E-state index contributed by atoms with van der Waals surface area (Å²) in [5, 5.41) is 0. The first-order valence-electron chi connectivity index (χ1n) is 12.4. The SMILES string of the molecule is O.O=C(CCCCCCCCCNS(=O)c1ccccc1-c1ccccc1)CCc1cccnc1. The van der Waals surface area contributed by atoms with Crippen LogP contribution in [0.1, 0.15) is 63.4 Å². The molecule has 0 aliphatic carbocycles. The predicted octanol–water partition coefficient (Wildman–Crippen LogP) is 5.86. The van der Waals surface area contributed by atoms with E-state index in [1.165, 1.54) is 19.3 Å². The number of nitrogens with one attached hydrogen (secondary N) is 1. The summed E-state index contributed by atoms with van der Waals surface area (Å²) in [5.41, 5.74) is 3.24. The lowest BCUT2D eigenvalue weighted by molar-refractivity contribution is -0.119. The summed E-state index contributed by atoms with van der Waals surface area (Å²) in [6.45, 7) is 0.751. The van der Waals surface area contributed by atoms with Crippen molar-refractivity contribution in [2.75, 3.05) is 6.54 Å². The molecule has 0 saturated carbocycles. The molecular weight excluding hydrogens is 456 g/mol. The van der Waals surface area contributed by atoms with Crippen LogP contribution in [-0.4, -0.2) is 27.0 Å². The Bertz CT molecular complexity index is 1010. The van der Waals surface area contributed by atoms with Gasteiger partial charge in [-0.15, -0.1) is 0 Å². The number of aromatic nitrogens is 1. The number of nitrogens with zero attached hydrogens (tertiary/aromatic N) is 1. The van der Waals surface area contributed by atoms with Crippen LogP contribution in [0.5, 0.6) is 0 Å². The third kappa shape index (κ3) is 10.6. The van der Waals surface area contributed by atoms with E-state index in [9.17, 15) is 9.00 Å². The first-order valence-corrected chi connectivity index (χ1v) is 13.6. The van der Waals surface area contributed by atoms with Gasteiger partial charge in [-0.2, -0.15) is 0 Å². The van der Waals surface area contributed by atoms with E-state index in [4.69, 9.17) is 0 Å². The highest BCUT2D eigenvalue weighted by Crippen LogP contribution is 2.25. The lowest BCUT2D eigenvalue weighted by atomic mass is 10.0. The summed E-state index contributed by atoms with van der Waals surface area (Å²) in [6, 6.07) is 21.9. The van der Waals surface area contributed by atoms with Crippen molar-refractivity contribution in [3.8, 4) is 11.1 Å². The molecule has 1 aromatic heterocycles. The van der Waals surface area contributed by atoms with Crippen LogP contribution in [0, 0.1) is 0 Å². The molecule has 2 aromatic carbocycles. The molecule has 0 radical (unpaired) electrons. The Labute approximate surface area is 212 Å². The van der Waals surface area contributed by atoms with Gasteiger partial charge >= 0.3 is 0 Å². The van der Waals surface area contributed by atoms with Crippen LogP contribution in [0.4, 0.5) is 0 Å². The van der Waals surface area contributed by atoms with E-state index in [1.807, 2.05) is 72.9 Å². The van der Waals surface area contributed by atoms with E-state index in [0.29, 0.717) is 18.6 Å². The fourth-order valence-electron chi connectivity index (χ4n) is 4.01. The number of benzene rings is 2. The van der Waals surface area contributed by atoms with E-state index in [2.05, 4.69) is 9.71 Å². The largest absolute Gasteiger partial charge is 0.412 e. The molecule has 3 N–H and O–H groups in total. The molecule has 0 aliphatic heterocycles. The fourth-order valence-corrected chi connectivity index (χ4v) is 5.09.